The van der Waals surface area contributed by atoms with Crippen LogP contribution in [0, 0.1) is 13.8 Å². The smallest absolute Gasteiger partial charge is 0.335 e. The molecular weight excluding hydrogens is 366 g/mol. The molecule has 0 aliphatic heterocycles. The molecule has 2 N–H and O–H groups in total. The molecule has 0 aliphatic rings. The van der Waals surface area contributed by atoms with Crippen LogP contribution in [-0.4, -0.2) is 20.9 Å². The monoisotopic (exact) mass is 385 g/mol. The molecule has 4 rings (SSSR count). The van der Waals surface area contributed by atoms with Crippen molar-refractivity contribution < 1.29 is 5.11 Å². The molecule has 1 aromatic heterocycles. The summed E-state index contributed by atoms with van der Waals surface area (Å²) in [6, 6.07) is 18.7. The van der Waals surface area contributed by atoms with E-state index in [1.165, 1.54) is 6.21 Å². The van der Waals surface area contributed by atoms with Gasteiger partial charge in [0.15, 0.2) is 0 Å². The zero-order chi connectivity index (χ0) is 20.5. The number of fused-ring (bicyclic) bond motifs is 1. The second-order valence-electron chi connectivity index (χ2n) is 6.83. The molecule has 0 bridgehead atoms. The number of aromatic hydroxyl groups is 1. The summed E-state index contributed by atoms with van der Waals surface area (Å²) in [6.07, 6.45) is 1.30. The molecule has 0 saturated heterocycles. The minimum atomic E-state index is -0.715. The first-order valence-electron chi connectivity index (χ1n) is 9.14. The zero-order valence-corrected chi connectivity index (χ0v) is 16.0. The largest absolute Gasteiger partial charge is 0.493 e. The van der Waals surface area contributed by atoms with Gasteiger partial charge in [0.2, 0.25) is 5.88 Å². The van der Waals surface area contributed by atoms with Gasteiger partial charge in [-0.25, -0.2) is 9.36 Å². The van der Waals surface area contributed by atoms with E-state index in [0.29, 0.717) is 11.4 Å². The Morgan fingerprint density at radius 3 is 2.34 bits per heavy atom. The third kappa shape index (κ3) is 3.25. The van der Waals surface area contributed by atoms with Crippen molar-refractivity contribution in [2.45, 2.75) is 13.8 Å². The first kappa shape index (κ1) is 18.4. The van der Waals surface area contributed by atoms with Crippen molar-refractivity contribution in [3.8, 4) is 11.6 Å². The van der Waals surface area contributed by atoms with Gasteiger partial charge >= 0.3 is 5.69 Å². The molecule has 29 heavy (non-hydrogen) atoms. The van der Waals surface area contributed by atoms with Gasteiger partial charge in [-0.2, -0.15) is 0 Å². The second-order valence-corrected chi connectivity index (χ2v) is 6.83. The lowest BCUT2D eigenvalue weighted by Crippen LogP contribution is -2.31. The van der Waals surface area contributed by atoms with E-state index in [-0.39, 0.29) is 5.56 Å². The molecule has 0 aliphatic carbocycles. The van der Waals surface area contributed by atoms with Gasteiger partial charge in [-0.05, 0) is 36.4 Å². The number of H-pyrrole nitrogens is 1. The number of aryl methyl sites for hydroxylation is 2. The molecular formula is C23H19N3O3. The van der Waals surface area contributed by atoms with Crippen LogP contribution >= 0.6 is 0 Å². The second kappa shape index (κ2) is 7.24. The summed E-state index contributed by atoms with van der Waals surface area (Å²) in [5, 5.41) is 12.5. The van der Waals surface area contributed by atoms with Crippen LogP contribution in [0.1, 0.15) is 16.7 Å². The van der Waals surface area contributed by atoms with Crippen molar-refractivity contribution in [1.29, 1.82) is 0 Å². The average Bonchev–Trinajstić information content (AvgIpc) is 2.69. The fourth-order valence-corrected chi connectivity index (χ4v) is 3.42. The molecule has 144 valence electrons. The molecule has 0 amide bonds. The quantitative estimate of drug-likeness (QED) is 0.527. The molecule has 0 saturated carbocycles. The first-order chi connectivity index (χ1) is 14.0. The average molecular weight is 385 g/mol. The van der Waals surface area contributed by atoms with Crippen LogP contribution in [0.25, 0.3) is 16.5 Å². The van der Waals surface area contributed by atoms with Crippen LogP contribution in [0.5, 0.6) is 5.88 Å². The Labute approximate surface area is 166 Å². The van der Waals surface area contributed by atoms with Crippen LogP contribution in [0.3, 0.4) is 0 Å². The maximum absolute atomic E-state index is 12.5. The molecule has 0 spiro atoms. The number of hydrogen-bond acceptors (Lipinski definition) is 4. The van der Waals surface area contributed by atoms with Crippen molar-refractivity contribution in [2.75, 3.05) is 0 Å². The number of rotatable bonds is 3. The van der Waals surface area contributed by atoms with Crippen molar-refractivity contribution in [1.82, 2.24) is 9.55 Å². The number of aromatic amines is 1. The number of para-hydroxylation sites is 1. The molecule has 0 atom stereocenters. The van der Waals surface area contributed by atoms with Gasteiger partial charge in [-0.1, -0.05) is 54.6 Å². The van der Waals surface area contributed by atoms with E-state index in [4.69, 9.17) is 0 Å². The summed E-state index contributed by atoms with van der Waals surface area (Å²) in [7, 11) is 0. The third-order valence-electron chi connectivity index (χ3n) is 4.89. The van der Waals surface area contributed by atoms with E-state index in [2.05, 4.69) is 9.98 Å². The van der Waals surface area contributed by atoms with E-state index >= 15 is 0 Å². The summed E-state index contributed by atoms with van der Waals surface area (Å²) in [5.74, 6) is -0.454. The predicted molar refractivity (Wildman–Crippen MR) is 115 cm³/mol. The Morgan fingerprint density at radius 2 is 1.59 bits per heavy atom. The fraction of sp³-hybridized carbons (Fsp3) is 0.0870. The summed E-state index contributed by atoms with van der Waals surface area (Å²) < 4.78 is 1.09. The van der Waals surface area contributed by atoms with Gasteiger partial charge in [-0.15, -0.1) is 0 Å². The fourth-order valence-electron chi connectivity index (χ4n) is 3.42. The first-order valence-corrected chi connectivity index (χ1v) is 9.14. The number of nitrogens with one attached hydrogen (secondary N) is 1. The van der Waals surface area contributed by atoms with Gasteiger partial charge in [-0.3, -0.25) is 14.8 Å². The summed E-state index contributed by atoms with van der Waals surface area (Å²) in [6.45, 7) is 3.83. The number of nitrogens with zero attached hydrogens (tertiary/aromatic N) is 2. The zero-order valence-electron chi connectivity index (χ0n) is 16.0. The van der Waals surface area contributed by atoms with E-state index in [9.17, 15) is 14.7 Å². The van der Waals surface area contributed by atoms with E-state index in [1.807, 2.05) is 62.4 Å². The van der Waals surface area contributed by atoms with Gasteiger partial charge in [0, 0.05) is 11.6 Å². The van der Waals surface area contributed by atoms with Crippen LogP contribution in [0.15, 0.2) is 75.2 Å². The normalized spacial score (nSPS) is 11.4. The number of aromatic nitrogens is 2. The highest BCUT2D eigenvalue weighted by molar-refractivity contribution is 5.91. The van der Waals surface area contributed by atoms with Crippen molar-refractivity contribution in [2.24, 2.45) is 4.99 Å². The number of benzene rings is 3. The molecule has 4 aromatic rings. The highest BCUT2D eigenvalue weighted by Gasteiger charge is 2.16. The van der Waals surface area contributed by atoms with E-state index in [1.54, 1.807) is 12.1 Å². The van der Waals surface area contributed by atoms with Crippen molar-refractivity contribution in [3.63, 3.8) is 0 Å². The number of hydrogen-bond donors (Lipinski definition) is 2. The Kier molecular flexibility index (Phi) is 4.60. The number of aliphatic imine (C=N–C) groups is 1. The maximum atomic E-state index is 12.5. The highest BCUT2D eigenvalue weighted by atomic mass is 16.3. The minimum absolute atomic E-state index is 0.0832. The standard InChI is InChI=1S/C23H19N3O3/c1-14-7-5-8-15(2)20(14)24-13-18-21(27)25-23(29)26(22(18)28)19-12-6-10-16-9-3-4-11-17(16)19/h3-13,28H,1-2H3,(H,25,27,29). The van der Waals surface area contributed by atoms with Crippen LogP contribution < -0.4 is 11.2 Å². The lowest BCUT2D eigenvalue weighted by atomic mass is 10.1. The lowest BCUT2D eigenvalue weighted by Gasteiger charge is -2.12. The Hall–Kier alpha value is -3.93. The third-order valence-corrected chi connectivity index (χ3v) is 4.89. The minimum Gasteiger partial charge on any atom is -0.493 e. The van der Waals surface area contributed by atoms with E-state index in [0.717, 1.165) is 26.5 Å². The van der Waals surface area contributed by atoms with Gasteiger partial charge in [0.05, 0.1) is 11.4 Å². The molecule has 3 aromatic carbocycles. The summed E-state index contributed by atoms with van der Waals surface area (Å²) in [4.78, 5) is 31.6. The predicted octanol–water partition coefficient (Wildman–Crippen LogP) is 3.75. The van der Waals surface area contributed by atoms with Crippen LogP contribution in [0.2, 0.25) is 0 Å². The van der Waals surface area contributed by atoms with Crippen molar-refractivity contribution >= 4 is 22.7 Å². The molecule has 0 fully saturated rings. The van der Waals surface area contributed by atoms with Gasteiger partial charge < -0.3 is 5.11 Å². The van der Waals surface area contributed by atoms with Crippen molar-refractivity contribution in [3.05, 3.63) is 98.2 Å². The lowest BCUT2D eigenvalue weighted by molar-refractivity contribution is 0.430. The van der Waals surface area contributed by atoms with Crippen LogP contribution in [0.4, 0.5) is 5.69 Å². The highest BCUT2D eigenvalue weighted by Crippen LogP contribution is 2.26. The Morgan fingerprint density at radius 1 is 0.931 bits per heavy atom. The Bertz CT molecular complexity index is 1360. The van der Waals surface area contributed by atoms with Gasteiger partial charge in [0.1, 0.15) is 5.56 Å². The molecule has 6 heteroatoms. The molecule has 0 unspecified atom stereocenters. The van der Waals surface area contributed by atoms with Crippen LogP contribution in [-0.2, 0) is 0 Å². The summed E-state index contributed by atoms with van der Waals surface area (Å²) in [5.41, 5.74) is 1.59. The topological polar surface area (TPSA) is 87.4 Å². The maximum Gasteiger partial charge on any atom is 0.335 e. The Balaban J connectivity index is 1.94. The molecule has 1 heterocycles. The van der Waals surface area contributed by atoms with E-state index < -0.39 is 17.1 Å². The summed E-state index contributed by atoms with van der Waals surface area (Å²) >= 11 is 0. The van der Waals surface area contributed by atoms with Gasteiger partial charge in [0.25, 0.3) is 5.56 Å². The SMILES string of the molecule is Cc1cccc(C)c1N=Cc1c(O)n(-c2cccc3ccccc23)c(=O)[nH]c1=O. The molecule has 0 radical (unpaired) electrons. The molecule has 6 nitrogen and oxygen atoms in total.